The molecule has 1 aliphatic rings. The highest BCUT2D eigenvalue weighted by atomic mass is 16.6. The van der Waals surface area contributed by atoms with Crippen LogP contribution in [-0.4, -0.2) is 38.8 Å². The molecular formula is C14H29BO5. The van der Waals surface area contributed by atoms with Crippen molar-refractivity contribution in [1.82, 2.24) is 0 Å². The second kappa shape index (κ2) is 8.67. The van der Waals surface area contributed by atoms with Gasteiger partial charge in [0.05, 0.1) is 17.0 Å². The normalized spacial score (nSPS) is 17.1. The van der Waals surface area contributed by atoms with Gasteiger partial charge in [-0.05, 0) is 53.0 Å². The summed E-state index contributed by atoms with van der Waals surface area (Å²) < 4.78 is 4.80. The quantitative estimate of drug-likeness (QED) is 0.594. The molecule has 0 bridgehead atoms. The van der Waals surface area contributed by atoms with E-state index in [1.54, 1.807) is 27.7 Å². The van der Waals surface area contributed by atoms with Crippen molar-refractivity contribution in [2.24, 2.45) is 0 Å². The van der Waals surface area contributed by atoms with E-state index in [1.807, 2.05) is 6.08 Å². The Hall–Kier alpha value is -0.555. The summed E-state index contributed by atoms with van der Waals surface area (Å²) in [6, 6.07) is 0. The maximum atomic E-state index is 9.10. The molecule has 0 spiro atoms. The summed E-state index contributed by atoms with van der Waals surface area (Å²) in [7, 11) is -1.66. The summed E-state index contributed by atoms with van der Waals surface area (Å²) in [5.41, 5.74) is -2.01. The highest BCUT2D eigenvalue weighted by Crippen LogP contribution is 2.19. The third-order valence-corrected chi connectivity index (χ3v) is 3.50. The number of hydrogen-bond donors (Lipinski definition) is 4. The zero-order chi connectivity index (χ0) is 15.8. The Labute approximate surface area is 122 Å². The molecule has 0 fully saturated rings. The van der Waals surface area contributed by atoms with Crippen molar-refractivity contribution in [2.75, 3.05) is 0 Å². The van der Waals surface area contributed by atoms with E-state index < -0.39 is 18.5 Å². The predicted octanol–water partition coefficient (Wildman–Crippen LogP) is 1.74. The van der Waals surface area contributed by atoms with Crippen LogP contribution in [0.3, 0.4) is 0 Å². The molecule has 5 nitrogen and oxygen atoms in total. The van der Waals surface area contributed by atoms with Crippen LogP contribution in [0.25, 0.3) is 0 Å². The minimum absolute atomic E-state index is 0.727. The maximum absolute atomic E-state index is 9.10. The van der Waals surface area contributed by atoms with Crippen molar-refractivity contribution < 1.29 is 24.9 Å². The number of aliphatic hydroxyl groups is 2. The van der Waals surface area contributed by atoms with E-state index in [1.165, 1.54) is 19.3 Å². The fraction of sp³-hybridized carbons (Fsp3) is 0.857. The minimum atomic E-state index is -1.66. The lowest BCUT2D eigenvalue weighted by atomic mass is 9.90. The Morgan fingerprint density at radius 3 is 1.90 bits per heavy atom. The second-order valence-corrected chi connectivity index (χ2v) is 6.19. The molecule has 0 unspecified atom stereocenters. The monoisotopic (exact) mass is 288 g/mol. The topological polar surface area (TPSA) is 90.2 Å². The first-order valence-corrected chi connectivity index (χ1v) is 7.20. The summed E-state index contributed by atoms with van der Waals surface area (Å²) in [6.07, 6.45) is 8.51. The molecule has 0 aromatic carbocycles. The van der Waals surface area contributed by atoms with E-state index in [-0.39, 0.29) is 0 Å². The van der Waals surface area contributed by atoms with E-state index in [0.717, 1.165) is 25.0 Å². The van der Waals surface area contributed by atoms with Crippen LogP contribution < -0.4 is 0 Å². The Kier molecular flexibility index (Phi) is 8.43. The Bertz CT molecular complexity index is 277. The Balaban J connectivity index is 0.000000396. The molecule has 0 aromatic heterocycles. The number of hydrogen-bond acceptors (Lipinski definition) is 5. The molecule has 20 heavy (non-hydrogen) atoms. The van der Waals surface area contributed by atoms with Crippen molar-refractivity contribution in [1.29, 1.82) is 0 Å². The molecule has 1 aliphatic carbocycles. The van der Waals surface area contributed by atoms with Gasteiger partial charge in [-0.1, -0.05) is 12.8 Å². The molecule has 0 heterocycles. The second-order valence-electron chi connectivity index (χ2n) is 6.19. The molecular weight excluding hydrogens is 259 g/mol. The molecule has 0 radical (unpaired) electrons. The van der Waals surface area contributed by atoms with Gasteiger partial charge in [0.2, 0.25) is 0 Å². The lowest BCUT2D eigenvalue weighted by molar-refractivity contribution is -0.107. The van der Waals surface area contributed by atoms with Crippen LogP contribution >= 0.6 is 0 Å². The highest BCUT2D eigenvalue weighted by molar-refractivity contribution is 6.33. The first-order valence-electron chi connectivity index (χ1n) is 7.20. The van der Waals surface area contributed by atoms with Crippen LogP contribution in [0, 0.1) is 0 Å². The van der Waals surface area contributed by atoms with Crippen molar-refractivity contribution in [3.8, 4) is 0 Å². The van der Waals surface area contributed by atoms with Crippen molar-refractivity contribution in [3.05, 3.63) is 11.8 Å². The van der Waals surface area contributed by atoms with Gasteiger partial charge < -0.3 is 24.9 Å². The zero-order valence-corrected chi connectivity index (χ0v) is 13.1. The van der Waals surface area contributed by atoms with Gasteiger partial charge in [-0.2, -0.15) is 0 Å². The van der Waals surface area contributed by atoms with Crippen molar-refractivity contribution in [2.45, 2.75) is 77.4 Å². The van der Waals surface area contributed by atoms with Crippen LogP contribution in [0.1, 0.15) is 66.2 Å². The Morgan fingerprint density at radius 1 is 0.950 bits per heavy atom. The molecule has 0 atom stereocenters. The van der Waals surface area contributed by atoms with E-state index in [2.05, 4.69) is 0 Å². The van der Waals surface area contributed by atoms with E-state index in [0.29, 0.717) is 0 Å². The molecule has 0 saturated heterocycles. The van der Waals surface area contributed by atoms with Gasteiger partial charge in [0.15, 0.2) is 0 Å². The Morgan fingerprint density at radius 2 is 1.45 bits per heavy atom. The predicted molar refractivity (Wildman–Crippen MR) is 79.7 cm³/mol. The van der Waals surface area contributed by atoms with E-state index >= 15 is 0 Å². The van der Waals surface area contributed by atoms with Gasteiger partial charge in [0.25, 0.3) is 0 Å². The van der Waals surface area contributed by atoms with Gasteiger partial charge in [0.1, 0.15) is 0 Å². The molecule has 0 aromatic rings. The molecule has 118 valence electrons. The molecule has 0 aliphatic heterocycles. The van der Waals surface area contributed by atoms with E-state index in [4.69, 9.17) is 24.9 Å². The summed E-state index contributed by atoms with van der Waals surface area (Å²) >= 11 is 0. The van der Waals surface area contributed by atoms with Crippen LogP contribution in [0.15, 0.2) is 11.8 Å². The van der Waals surface area contributed by atoms with Crippen LogP contribution in [-0.2, 0) is 4.65 Å². The highest BCUT2D eigenvalue weighted by Gasteiger charge is 2.31. The van der Waals surface area contributed by atoms with E-state index in [9.17, 15) is 0 Å². The first-order chi connectivity index (χ1) is 9.04. The fourth-order valence-corrected chi connectivity index (χ4v) is 1.40. The van der Waals surface area contributed by atoms with Crippen LogP contribution in [0.4, 0.5) is 0 Å². The molecule has 0 amide bonds. The van der Waals surface area contributed by atoms with Gasteiger partial charge in [0, 0.05) is 6.42 Å². The van der Waals surface area contributed by atoms with Gasteiger partial charge in [-0.3, -0.25) is 0 Å². The largest absolute Gasteiger partial charge is 0.707 e. The maximum Gasteiger partial charge on any atom is 0.707 e. The van der Waals surface area contributed by atoms with Gasteiger partial charge in [-0.25, -0.2) is 0 Å². The molecule has 6 heteroatoms. The zero-order valence-electron chi connectivity index (χ0n) is 13.1. The third kappa shape index (κ3) is 9.36. The smallest absolute Gasteiger partial charge is 0.516 e. The van der Waals surface area contributed by atoms with Crippen LogP contribution in [0.5, 0.6) is 0 Å². The van der Waals surface area contributed by atoms with Crippen LogP contribution in [0.2, 0.25) is 0 Å². The molecule has 1 rings (SSSR count). The number of rotatable bonds is 3. The first kappa shape index (κ1) is 19.4. The lowest BCUT2D eigenvalue weighted by Gasteiger charge is -2.31. The van der Waals surface area contributed by atoms with Crippen molar-refractivity contribution in [3.63, 3.8) is 0 Å². The fourth-order valence-electron chi connectivity index (χ4n) is 1.40. The lowest BCUT2D eigenvalue weighted by Crippen LogP contribution is -2.44. The van der Waals surface area contributed by atoms with Gasteiger partial charge >= 0.3 is 7.32 Å². The average molecular weight is 288 g/mol. The minimum Gasteiger partial charge on any atom is -0.516 e. The van der Waals surface area contributed by atoms with Crippen molar-refractivity contribution >= 4 is 7.32 Å². The molecule has 0 saturated carbocycles. The third-order valence-electron chi connectivity index (χ3n) is 3.50. The number of allylic oxidation sites excluding steroid dienone is 2. The summed E-state index contributed by atoms with van der Waals surface area (Å²) in [4.78, 5) is 0. The standard InChI is InChI=1S/C8H15BO3.C6H14O2/c10-9(11)12-8-6-4-2-1-3-5-7-8;1-5(2,7)6(3,4)8/h6,10-11H,1-5,7H2;7-8H,1-4H3. The summed E-state index contributed by atoms with van der Waals surface area (Å²) in [6.45, 7) is 6.31. The molecule has 4 N–H and O–H groups in total. The SMILES string of the molecule is CC(C)(O)C(C)(C)O.OB(O)OC1=CCCCCCC1. The summed E-state index contributed by atoms with van der Waals surface area (Å²) in [5, 5.41) is 35.3. The van der Waals surface area contributed by atoms with Gasteiger partial charge in [-0.15, -0.1) is 0 Å². The average Bonchev–Trinajstić information content (AvgIpc) is 2.19. The summed E-state index contributed by atoms with van der Waals surface area (Å²) in [5.74, 6) is 0.727.